The van der Waals surface area contributed by atoms with Crippen molar-refractivity contribution in [2.45, 2.75) is 33.2 Å². The Hall–Kier alpha value is -0.840. The Morgan fingerprint density at radius 2 is 1.20 bits per heavy atom. The molecule has 0 fully saturated rings. The van der Waals surface area contributed by atoms with E-state index in [9.17, 15) is 5.11 Å². The summed E-state index contributed by atoms with van der Waals surface area (Å²) in [5.41, 5.74) is -0.511. The first-order chi connectivity index (χ1) is 11.6. The van der Waals surface area contributed by atoms with Gasteiger partial charge in [-0.3, -0.25) is 0 Å². The van der Waals surface area contributed by atoms with Crippen LogP contribution in [0.1, 0.15) is 20.8 Å². The van der Waals surface area contributed by atoms with E-state index in [0.717, 1.165) is 0 Å². The van der Waals surface area contributed by atoms with Crippen LogP contribution >= 0.6 is 46.4 Å². The molecule has 0 aliphatic rings. The molecule has 1 unspecified atom stereocenters. The summed E-state index contributed by atoms with van der Waals surface area (Å²) >= 11 is 24.1. The minimum atomic E-state index is -1.04. The van der Waals surface area contributed by atoms with Gasteiger partial charge in [0.25, 0.3) is 6.29 Å². The van der Waals surface area contributed by atoms with Crippen LogP contribution in [0.15, 0.2) is 36.4 Å². The van der Waals surface area contributed by atoms with Crippen LogP contribution < -0.4 is 9.47 Å². The highest BCUT2D eigenvalue weighted by atomic mass is 35.5. The summed E-state index contributed by atoms with van der Waals surface area (Å²) in [4.78, 5) is 0. The molecule has 2 aromatic carbocycles. The van der Waals surface area contributed by atoms with Gasteiger partial charge >= 0.3 is 0 Å². The lowest BCUT2D eigenvalue weighted by atomic mass is 9.88. The molecule has 2 rings (SSSR count). The number of aliphatic hydroxyl groups excluding tert-OH is 1. The molecule has 25 heavy (non-hydrogen) atoms. The maximum atomic E-state index is 10.7. The van der Waals surface area contributed by atoms with Gasteiger partial charge in [0, 0.05) is 10.0 Å². The van der Waals surface area contributed by atoms with Gasteiger partial charge < -0.3 is 14.6 Å². The van der Waals surface area contributed by atoms with Crippen molar-refractivity contribution in [3.05, 3.63) is 56.5 Å². The van der Waals surface area contributed by atoms with E-state index >= 15 is 0 Å². The second-order valence-corrected chi connectivity index (χ2v) is 8.25. The lowest BCUT2D eigenvalue weighted by Gasteiger charge is -2.33. The van der Waals surface area contributed by atoms with E-state index in [4.69, 9.17) is 55.9 Å². The zero-order chi connectivity index (χ0) is 18.8. The number of ether oxygens (including phenoxy) is 2. The standard InChI is InChI=1S/C18H18Cl4O3/c1-18(2,3)16(23)17(24-14-6-4-10(19)8-12(14)21)25-15-7-5-11(20)9-13(15)22/h4-9,16-17,23H,1-3H3. The van der Waals surface area contributed by atoms with E-state index in [1.54, 1.807) is 36.4 Å². The number of hydrogen-bond acceptors (Lipinski definition) is 3. The van der Waals surface area contributed by atoms with Gasteiger partial charge in [0.05, 0.1) is 10.0 Å². The summed E-state index contributed by atoms with van der Waals surface area (Å²) in [6.45, 7) is 5.60. The predicted molar refractivity (Wildman–Crippen MR) is 103 cm³/mol. The van der Waals surface area contributed by atoms with Crippen molar-refractivity contribution < 1.29 is 14.6 Å². The van der Waals surface area contributed by atoms with E-state index in [2.05, 4.69) is 0 Å². The molecule has 0 spiro atoms. The number of aliphatic hydroxyl groups is 1. The lowest BCUT2D eigenvalue weighted by Crippen LogP contribution is -2.45. The Balaban J connectivity index is 2.32. The van der Waals surface area contributed by atoms with Gasteiger partial charge in [-0.2, -0.15) is 0 Å². The molecule has 3 nitrogen and oxygen atoms in total. The van der Waals surface area contributed by atoms with Crippen LogP contribution in [0, 0.1) is 5.41 Å². The summed E-state index contributed by atoms with van der Waals surface area (Å²) < 4.78 is 11.6. The van der Waals surface area contributed by atoms with Crippen molar-refractivity contribution in [3.63, 3.8) is 0 Å². The van der Waals surface area contributed by atoms with E-state index in [-0.39, 0.29) is 0 Å². The molecule has 0 aliphatic heterocycles. The van der Waals surface area contributed by atoms with E-state index in [1.807, 2.05) is 20.8 Å². The molecule has 0 radical (unpaired) electrons. The zero-order valence-corrected chi connectivity index (χ0v) is 16.9. The van der Waals surface area contributed by atoms with Crippen molar-refractivity contribution in [2.75, 3.05) is 0 Å². The third-order valence-corrected chi connectivity index (χ3v) is 4.48. The van der Waals surface area contributed by atoms with Crippen LogP contribution in [-0.4, -0.2) is 17.5 Å². The van der Waals surface area contributed by atoms with E-state index in [1.165, 1.54) is 0 Å². The number of halogens is 4. The fourth-order valence-corrected chi connectivity index (χ4v) is 2.86. The Bertz CT molecular complexity index is 690. The minimum absolute atomic E-state index is 0.310. The van der Waals surface area contributed by atoms with Crippen LogP contribution in [0.25, 0.3) is 0 Å². The highest BCUT2D eigenvalue weighted by molar-refractivity contribution is 6.36. The third-order valence-electron chi connectivity index (χ3n) is 3.42. The highest BCUT2D eigenvalue weighted by Crippen LogP contribution is 2.34. The molecule has 0 saturated heterocycles. The van der Waals surface area contributed by atoms with Crippen LogP contribution in [0.4, 0.5) is 0 Å². The van der Waals surface area contributed by atoms with Gasteiger partial charge in [-0.25, -0.2) is 0 Å². The second kappa shape index (κ2) is 8.24. The molecular weight excluding hydrogens is 406 g/mol. The maximum Gasteiger partial charge on any atom is 0.267 e. The fraction of sp³-hybridized carbons (Fsp3) is 0.333. The average molecular weight is 424 g/mol. The van der Waals surface area contributed by atoms with Crippen molar-refractivity contribution in [3.8, 4) is 11.5 Å². The second-order valence-electron chi connectivity index (χ2n) is 6.56. The van der Waals surface area contributed by atoms with Crippen molar-refractivity contribution in [1.82, 2.24) is 0 Å². The van der Waals surface area contributed by atoms with Crippen molar-refractivity contribution in [1.29, 1.82) is 0 Å². The molecule has 0 saturated carbocycles. The van der Waals surface area contributed by atoms with Crippen LogP contribution in [0.5, 0.6) is 11.5 Å². The van der Waals surface area contributed by atoms with Gasteiger partial charge in [0.1, 0.15) is 17.6 Å². The molecule has 0 amide bonds. The summed E-state index contributed by atoms with van der Waals surface area (Å²) in [5, 5.41) is 12.2. The summed E-state index contributed by atoms with van der Waals surface area (Å²) in [7, 11) is 0. The number of benzene rings is 2. The fourth-order valence-electron chi connectivity index (χ4n) is 1.95. The smallest absolute Gasteiger partial charge is 0.267 e. The van der Waals surface area contributed by atoms with Gasteiger partial charge in [0.15, 0.2) is 0 Å². The number of rotatable bonds is 5. The minimum Gasteiger partial charge on any atom is -0.451 e. The van der Waals surface area contributed by atoms with Crippen molar-refractivity contribution in [2.24, 2.45) is 5.41 Å². The Kier molecular flexibility index (Phi) is 6.74. The summed E-state index contributed by atoms with van der Waals surface area (Å²) in [6, 6.07) is 9.60. The van der Waals surface area contributed by atoms with Crippen LogP contribution in [-0.2, 0) is 0 Å². The third kappa shape index (κ3) is 5.57. The Labute approximate surface area is 167 Å². The SMILES string of the molecule is CC(C)(C)C(O)C(Oc1ccc(Cl)cc1Cl)Oc1ccc(Cl)cc1Cl. The zero-order valence-electron chi connectivity index (χ0n) is 13.9. The van der Waals surface area contributed by atoms with E-state index in [0.29, 0.717) is 31.6 Å². The van der Waals surface area contributed by atoms with Crippen LogP contribution in [0.2, 0.25) is 20.1 Å². The number of hydrogen-bond donors (Lipinski definition) is 1. The first kappa shape index (κ1) is 20.5. The molecule has 2 aromatic rings. The molecular formula is C18H18Cl4O3. The normalized spacial score (nSPS) is 13.0. The topological polar surface area (TPSA) is 38.7 Å². The Morgan fingerprint density at radius 1 is 0.800 bits per heavy atom. The van der Waals surface area contributed by atoms with Crippen LogP contribution in [0.3, 0.4) is 0 Å². The van der Waals surface area contributed by atoms with E-state index < -0.39 is 17.8 Å². The molecule has 7 heteroatoms. The summed E-state index contributed by atoms with van der Waals surface area (Å²) in [6.07, 6.45) is -2.01. The molecule has 1 atom stereocenters. The van der Waals surface area contributed by atoms with Gasteiger partial charge in [-0.05, 0) is 41.8 Å². The van der Waals surface area contributed by atoms with Gasteiger partial charge in [-0.15, -0.1) is 0 Å². The first-order valence-corrected chi connectivity index (χ1v) is 9.00. The molecule has 136 valence electrons. The Morgan fingerprint density at radius 3 is 1.52 bits per heavy atom. The highest BCUT2D eigenvalue weighted by Gasteiger charge is 2.34. The summed E-state index contributed by atoms with van der Waals surface area (Å²) in [5.74, 6) is 0.675. The largest absolute Gasteiger partial charge is 0.451 e. The first-order valence-electron chi connectivity index (χ1n) is 7.49. The predicted octanol–water partition coefficient (Wildman–Crippen LogP) is 6.49. The quantitative estimate of drug-likeness (QED) is 0.558. The van der Waals surface area contributed by atoms with Gasteiger partial charge in [-0.1, -0.05) is 67.2 Å². The average Bonchev–Trinajstić information content (AvgIpc) is 2.49. The van der Waals surface area contributed by atoms with Gasteiger partial charge in [0.2, 0.25) is 0 Å². The molecule has 1 N–H and O–H groups in total. The maximum absolute atomic E-state index is 10.7. The molecule has 0 aliphatic carbocycles. The molecule has 0 aromatic heterocycles. The molecule has 0 heterocycles. The monoisotopic (exact) mass is 422 g/mol. The molecule has 0 bridgehead atoms. The van der Waals surface area contributed by atoms with Crippen molar-refractivity contribution >= 4 is 46.4 Å². The lowest BCUT2D eigenvalue weighted by molar-refractivity contribution is -0.125.